The van der Waals surface area contributed by atoms with Crippen molar-refractivity contribution in [1.82, 2.24) is 23.1 Å². The summed E-state index contributed by atoms with van der Waals surface area (Å²) < 4.78 is 6.71. The summed E-state index contributed by atoms with van der Waals surface area (Å²) >= 11 is 0. The molecular formula is C21H25N5O2. The van der Waals surface area contributed by atoms with Gasteiger partial charge in [0, 0.05) is 30.7 Å². The van der Waals surface area contributed by atoms with Gasteiger partial charge in [0.2, 0.25) is 5.78 Å². The molecule has 0 amide bonds. The van der Waals surface area contributed by atoms with Gasteiger partial charge >= 0.3 is 5.69 Å². The molecule has 0 fully saturated rings. The van der Waals surface area contributed by atoms with Crippen molar-refractivity contribution in [3.05, 3.63) is 62.1 Å². The van der Waals surface area contributed by atoms with Crippen LogP contribution in [0.15, 0.2) is 33.9 Å². The summed E-state index contributed by atoms with van der Waals surface area (Å²) in [6.07, 6.45) is 0. The molecule has 3 heterocycles. The lowest BCUT2D eigenvalue weighted by atomic mass is 10.2. The van der Waals surface area contributed by atoms with E-state index in [1.54, 1.807) is 7.05 Å². The fraction of sp³-hybridized carbons (Fsp3) is 0.381. The van der Waals surface area contributed by atoms with Gasteiger partial charge in [0.05, 0.1) is 0 Å². The molecule has 4 rings (SSSR count). The largest absolute Gasteiger partial charge is 0.332 e. The van der Waals surface area contributed by atoms with Crippen LogP contribution in [0.4, 0.5) is 0 Å². The molecule has 0 N–H and O–H groups in total. The van der Waals surface area contributed by atoms with Crippen molar-refractivity contribution in [2.24, 2.45) is 13.0 Å². The Hall–Kier alpha value is -3.09. The molecule has 0 radical (unpaired) electrons. The summed E-state index contributed by atoms with van der Waals surface area (Å²) in [5, 5.41) is 0. The average molecular weight is 379 g/mol. The lowest BCUT2D eigenvalue weighted by Crippen LogP contribution is -2.40. The van der Waals surface area contributed by atoms with E-state index in [4.69, 9.17) is 4.98 Å². The molecular weight excluding hydrogens is 354 g/mol. The van der Waals surface area contributed by atoms with Crippen LogP contribution < -0.4 is 11.2 Å². The minimum atomic E-state index is -0.330. The van der Waals surface area contributed by atoms with Gasteiger partial charge in [0.1, 0.15) is 0 Å². The van der Waals surface area contributed by atoms with E-state index in [1.807, 2.05) is 61.8 Å². The van der Waals surface area contributed by atoms with Crippen LogP contribution in [0.3, 0.4) is 0 Å². The maximum absolute atomic E-state index is 13.3. The van der Waals surface area contributed by atoms with E-state index in [2.05, 4.69) is 6.07 Å². The normalized spacial score (nSPS) is 12.0. The maximum atomic E-state index is 13.3. The van der Waals surface area contributed by atoms with Crippen LogP contribution in [-0.4, -0.2) is 23.1 Å². The van der Waals surface area contributed by atoms with E-state index in [-0.39, 0.29) is 17.2 Å². The van der Waals surface area contributed by atoms with Gasteiger partial charge in [-0.25, -0.2) is 4.79 Å². The maximum Gasteiger partial charge on any atom is 0.332 e. The van der Waals surface area contributed by atoms with Crippen molar-refractivity contribution in [1.29, 1.82) is 0 Å². The molecule has 28 heavy (non-hydrogen) atoms. The number of rotatable bonds is 3. The van der Waals surface area contributed by atoms with Gasteiger partial charge in [-0.2, -0.15) is 4.98 Å². The van der Waals surface area contributed by atoms with Crippen molar-refractivity contribution in [3.8, 4) is 5.69 Å². The number of fused-ring (bicyclic) bond motifs is 3. The highest BCUT2D eigenvalue weighted by molar-refractivity contribution is 5.77. The lowest BCUT2D eigenvalue weighted by Gasteiger charge is -2.10. The number of nitrogens with zero attached hydrogens (tertiary/aromatic N) is 5. The number of imidazole rings is 2. The van der Waals surface area contributed by atoms with Crippen molar-refractivity contribution in [2.45, 2.75) is 41.2 Å². The molecule has 0 spiro atoms. The molecule has 4 aromatic rings. The summed E-state index contributed by atoms with van der Waals surface area (Å²) in [4.78, 5) is 30.7. The van der Waals surface area contributed by atoms with Crippen LogP contribution in [0.25, 0.3) is 22.6 Å². The quantitative estimate of drug-likeness (QED) is 0.550. The minimum absolute atomic E-state index is 0.186. The first-order chi connectivity index (χ1) is 13.2. The number of hydrogen-bond acceptors (Lipinski definition) is 3. The predicted molar refractivity (Wildman–Crippen MR) is 111 cm³/mol. The van der Waals surface area contributed by atoms with E-state index in [0.717, 1.165) is 22.6 Å². The highest BCUT2D eigenvalue weighted by Gasteiger charge is 2.23. The standard InChI is InChI=1S/C21H25N5O2/c1-12(2)11-24-19(27)17-18(23(6)21(24)28)22-20-25(14(4)15(5)26(17)20)16-9-7-8-13(3)10-16/h7-10,12H,11H2,1-6H3. The van der Waals surface area contributed by atoms with E-state index < -0.39 is 0 Å². The molecule has 0 unspecified atom stereocenters. The molecule has 1 aromatic carbocycles. The third-order valence-electron chi connectivity index (χ3n) is 5.33. The van der Waals surface area contributed by atoms with E-state index >= 15 is 0 Å². The lowest BCUT2D eigenvalue weighted by molar-refractivity contribution is 0.484. The number of benzene rings is 1. The second kappa shape index (κ2) is 6.22. The third kappa shape index (κ3) is 2.46. The number of aromatic nitrogens is 5. The second-order valence-corrected chi connectivity index (χ2v) is 7.92. The summed E-state index contributed by atoms with van der Waals surface area (Å²) in [6.45, 7) is 10.4. The first-order valence-electron chi connectivity index (χ1n) is 9.49. The predicted octanol–water partition coefficient (Wildman–Crippen LogP) is 2.72. The summed E-state index contributed by atoms with van der Waals surface area (Å²) in [5.41, 5.74) is 4.32. The molecule has 0 bridgehead atoms. The van der Waals surface area contributed by atoms with Gasteiger partial charge in [-0.3, -0.25) is 22.9 Å². The molecule has 0 saturated carbocycles. The molecule has 0 aliphatic rings. The Morgan fingerprint density at radius 1 is 1.07 bits per heavy atom. The fourth-order valence-corrected chi connectivity index (χ4v) is 3.85. The van der Waals surface area contributed by atoms with Gasteiger partial charge in [0.15, 0.2) is 11.2 Å². The van der Waals surface area contributed by atoms with Crippen molar-refractivity contribution in [3.63, 3.8) is 0 Å². The first kappa shape index (κ1) is 18.3. The molecule has 7 heteroatoms. The summed E-state index contributed by atoms with van der Waals surface area (Å²) in [5.74, 6) is 0.830. The molecule has 0 aliphatic heterocycles. The monoisotopic (exact) mass is 379 g/mol. The Labute approximate surface area is 162 Å². The van der Waals surface area contributed by atoms with Crippen LogP contribution in [0.2, 0.25) is 0 Å². The zero-order valence-electron chi connectivity index (χ0n) is 17.1. The van der Waals surface area contributed by atoms with Crippen LogP contribution >= 0.6 is 0 Å². The van der Waals surface area contributed by atoms with E-state index in [0.29, 0.717) is 23.5 Å². The minimum Gasteiger partial charge on any atom is -0.283 e. The van der Waals surface area contributed by atoms with E-state index in [9.17, 15) is 9.59 Å². The Kier molecular flexibility index (Phi) is 4.06. The Morgan fingerprint density at radius 3 is 2.43 bits per heavy atom. The van der Waals surface area contributed by atoms with Crippen molar-refractivity contribution in [2.75, 3.05) is 0 Å². The van der Waals surface area contributed by atoms with Crippen LogP contribution in [0, 0.1) is 26.7 Å². The second-order valence-electron chi connectivity index (χ2n) is 7.92. The highest BCUT2D eigenvalue weighted by Crippen LogP contribution is 2.24. The first-order valence-corrected chi connectivity index (χ1v) is 9.49. The molecule has 0 aliphatic carbocycles. The molecule has 3 aromatic heterocycles. The van der Waals surface area contributed by atoms with Gasteiger partial charge < -0.3 is 0 Å². The van der Waals surface area contributed by atoms with Crippen LogP contribution in [-0.2, 0) is 13.6 Å². The smallest absolute Gasteiger partial charge is 0.283 e. The zero-order chi connectivity index (χ0) is 20.3. The average Bonchev–Trinajstić information content (AvgIpc) is 3.13. The SMILES string of the molecule is Cc1cccc(-n2c(C)c(C)n3c4c(=O)n(CC(C)C)c(=O)n(C)c4nc23)c1. The Morgan fingerprint density at radius 2 is 1.79 bits per heavy atom. The van der Waals surface area contributed by atoms with Crippen LogP contribution in [0.5, 0.6) is 0 Å². The van der Waals surface area contributed by atoms with Gasteiger partial charge in [0.25, 0.3) is 5.56 Å². The van der Waals surface area contributed by atoms with Crippen molar-refractivity contribution >= 4 is 16.9 Å². The molecule has 7 nitrogen and oxygen atoms in total. The zero-order valence-corrected chi connectivity index (χ0v) is 17.1. The summed E-state index contributed by atoms with van der Waals surface area (Å²) in [7, 11) is 1.67. The van der Waals surface area contributed by atoms with Crippen LogP contribution in [0.1, 0.15) is 30.8 Å². The third-order valence-corrected chi connectivity index (χ3v) is 5.33. The van der Waals surface area contributed by atoms with E-state index in [1.165, 1.54) is 9.13 Å². The number of aryl methyl sites for hydroxylation is 3. The molecule has 146 valence electrons. The van der Waals surface area contributed by atoms with Gasteiger partial charge in [-0.05, 0) is 44.4 Å². The molecule has 0 saturated heterocycles. The fourth-order valence-electron chi connectivity index (χ4n) is 3.85. The highest BCUT2D eigenvalue weighted by atomic mass is 16.2. The molecule has 0 atom stereocenters. The Bertz CT molecular complexity index is 1350. The summed E-state index contributed by atoms with van der Waals surface area (Å²) in [6, 6.07) is 8.16. The topological polar surface area (TPSA) is 66.2 Å². The van der Waals surface area contributed by atoms with Crippen molar-refractivity contribution < 1.29 is 0 Å². The Balaban J connectivity index is 2.18. The van der Waals surface area contributed by atoms with Gasteiger partial charge in [-0.15, -0.1) is 0 Å². The number of hydrogen-bond donors (Lipinski definition) is 0. The van der Waals surface area contributed by atoms with Gasteiger partial charge in [-0.1, -0.05) is 26.0 Å².